The summed E-state index contributed by atoms with van der Waals surface area (Å²) >= 11 is 0. The quantitative estimate of drug-likeness (QED) is 0.173. The van der Waals surface area contributed by atoms with Crippen molar-refractivity contribution in [2.45, 2.75) is 85.0 Å². The molecule has 0 saturated heterocycles. The van der Waals surface area contributed by atoms with Crippen molar-refractivity contribution in [3.63, 3.8) is 0 Å². The van der Waals surface area contributed by atoms with Crippen LogP contribution in [0, 0.1) is 12.7 Å². The zero-order valence-electron chi connectivity index (χ0n) is 26.2. The van der Waals surface area contributed by atoms with Crippen LogP contribution in [0.5, 0.6) is 5.75 Å². The molecule has 1 N–H and O–H groups in total. The van der Waals surface area contributed by atoms with E-state index in [1.165, 1.54) is 17.2 Å². The second kappa shape index (κ2) is 13.1. The molecule has 0 fully saturated rings. The Hall–Kier alpha value is -3.73. The maximum Gasteiger partial charge on any atom is 0.252 e. The zero-order valence-corrected chi connectivity index (χ0v) is 26.2. The summed E-state index contributed by atoms with van der Waals surface area (Å²) in [6.45, 7) is 16.7. The molecule has 0 atom stereocenters. The maximum atomic E-state index is 14.6. The average molecular weight is 569 g/mol. The van der Waals surface area contributed by atoms with E-state index >= 15 is 0 Å². The molecule has 1 aromatic heterocycles. The summed E-state index contributed by atoms with van der Waals surface area (Å²) in [5.41, 5.74) is 5.74. The van der Waals surface area contributed by atoms with Gasteiger partial charge in [-0.15, -0.1) is 0 Å². The normalized spacial score (nSPS) is 12.0. The van der Waals surface area contributed by atoms with Crippen LogP contribution in [-0.4, -0.2) is 24.0 Å². The van der Waals surface area contributed by atoms with Crippen molar-refractivity contribution in [1.29, 1.82) is 0 Å². The summed E-state index contributed by atoms with van der Waals surface area (Å²) in [4.78, 5) is 18.0. The minimum absolute atomic E-state index is 0.0102. The van der Waals surface area contributed by atoms with E-state index in [-0.39, 0.29) is 22.6 Å². The van der Waals surface area contributed by atoms with Gasteiger partial charge in [0.1, 0.15) is 11.6 Å². The Kier molecular flexibility index (Phi) is 9.71. The number of nitrogens with one attached hydrogen (secondary N) is 1. The Morgan fingerprint density at radius 1 is 0.905 bits per heavy atom. The number of pyridine rings is 1. The number of carbonyl (C=O) groups is 1. The van der Waals surface area contributed by atoms with Gasteiger partial charge in [-0.2, -0.15) is 0 Å². The molecule has 0 bridgehead atoms. The van der Waals surface area contributed by atoms with E-state index in [2.05, 4.69) is 70.0 Å². The lowest BCUT2D eigenvalue weighted by atomic mass is 9.76. The van der Waals surface area contributed by atoms with Crippen LogP contribution >= 0.6 is 0 Å². The molecule has 5 heteroatoms. The van der Waals surface area contributed by atoms with E-state index in [9.17, 15) is 9.18 Å². The van der Waals surface area contributed by atoms with E-state index in [4.69, 9.17) is 4.74 Å². The summed E-state index contributed by atoms with van der Waals surface area (Å²) in [7, 11) is 0. The summed E-state index contributed by atoms with van der Waals surface area (Å²) in [6.07, 6.45) is 3.68. The number of ether oxygens (including phenoxy) is 1. The minimum atomic E-state index is -0.364. The highest BCUT2D eigenvalue weighted by molar-refractivity contribution is 6.07. The molecular weight excluding hydrogens is 523 g/mol. The molecule has 222 valence electrons. The third kappa shape index (κ3) is 7.00. The molecule has 0 aliphatic rings. The third-order valence-corrected chi connectivity index (χ3v) is 8.73. The van der Waals surface area contributed by atoms with E-state index < -0.39 is 0 Å². The van der Waals surface area contributed by atoms with E-state index in [0.29, 0.717) is 35.5 Å². The monoisotopic (exact) mass is 568 g/mol. The van der Waals surface area contributed by atoms with Crippen molar-refractivity contribution in [3.05, 3.63) is 94.8 Å². The fourth-order valence-corrected chi connectivity index (χ4v) is 5.04. The number of rotatable bonds is 12. The van der Waals surface area contributed by atoms with Crippen molar-refractivity contribution < 1.29 is 13.9 Å². The number of nitrogens with zero attached hydrogens (tertiary/aromatic N) is 1. The van der Waals surface area contributed by atoms with Crippen LogP contribution in [0.25, 0.3) is 22.2 Å². The Labute approximate surface area is 250 Å². The molecule has 0 spiro atoms. The van der Waals surface area contributed by atoms with Crippen LogP contribution in [0.2, 0.25) is 0 Å². The van der Waals surface area contributed by atoms with Gasteiger partial charge in [0, 0.05) is 23.1 Å². The van der Waals surface area contributed by atoms with Gasteiger partial charge in [0.25, 0.3) is 5.91 Å². The summed E-state index contributed by atoms with van der Waals surface area (Å²) in [5, 5.41) is 3.82. The first kappa shape index (κ1) is 31.2. The lowest BCUT2D eigenvalue weighted by Crippen LogP contribution is -2.25. The second-order valence-electron chi connectivity index (χ2n) is 12.6. The van der Waals surface area contributed by atoms with Gasteiger partial charge in [-0.05, 0) is 85.4 Å². The summed E-state index contributed by atoms with van der Waals surface area (Å²) < 4.78 is 20.9. The van der Waals surface area contributed by atoms with Gasteiger partial charge < -0.3 is 10.1 Å². The summed E-state index contributed by atoms with van der Waals surface area (Å²) in [5.74, 6) is 0.394. The fraction of sp³-hybridized carbons (Fsp3) is 0.405. The number of aromatic nitrogens is 1. The smallest absolute Gasteiger partial charge is 0.252 e. The molecule has 42 heavy (non-hydrogen) atoms. The molecule has 0 aliphatic carbocycles. The van der Waals surface area contributed by atoms with Crippen molar-refractivity contribution in [2.24, 2.45) is 0 Å². The fourth-order valence-electron chi connectivity index (χ4n) is 5.04. The van der Waals surface area contributed by atoms with Gasteiger partial charge in [-0.1, -0.05) is 77.4 Å². The van der Waals surface area contributed by atoms with Crippen LogP contribution in [0.15, 0.2) is 66.7 Å². The van der Waals surface area contributed by atoms with Crippen LogP contribution in [0.4, 0.5) is 4.39 Å². The molecule has 0 aliphatic heterocycles. The highest BCUT2D eigenvalue weighted by Crippen LogP contribution is 2.38. The molecule has 0 unspecified atom stereocenters. The first-order valence-corrected chi connectivity index (χ1v) is 15.2. The van der Waals surface area contributed by atoms with Crippen molar-refractivity contribution in [3.8, 4) is 17.0 Å². The highest BCUT2D eigenvalue weighted by atomic mass is 19.1. The van der Waals surface area contributed by atoms with E-state index in [1.54, 1.807) is 24.3 Å². The van der Waals surface area contributed by atoms with Gasteiger partial charge in [-0.25, -0.2) is 9.37 Å². The number of aryl methyl sites for hydroxylation is 1. The van der Waals surface area contributed by atoms with Gasteiger partial charge in [0.2, 0.25) is 0 Å². The average Bonchev–Trinajstić information content (AvgIpc) is 2.98. The number of hydrogen-bond acceptors (Lipinski definition) is 3. The molecule has 4 nitrogen and oxygen atoms in total. The molecule has 1 amide bonds. The maximum absolute atomic E-state index is 14.6. The zero-order chi connectivity index (χ0) is 30.5. The molecule has 3 aromatic carbocycles. The van der Waals surface area contributed by atoms with Crippen LogP contribution < -0.4 is 10.1 Å². The number of fused-ring (bicyclic) bond motifs is 1. The van der Waals surface area contributed by atoms with Gasteiger partial charge >= 0.3 is 0 Å². The lowest BCUT2D eigenvalue weighted by Gasteiger charge is -2.30. The molecular formula is C37H45FN2O2. The standard InChI is InChI=1S/C37H45FN2O2/c1-8-36(4,5)26-17-19-34(30(23-26)37(6,7)9-2)42-21-13-12-20-39-35(41)29-24-33(27-14-10-11-15-31(27)38)40-32-18-16-25(3)22-28(29)32/h10-11,14-19,22-24H,8-9,12-13,20-21H2,1-7H3,(H,39,41). The topological polar surface area (TPSA) is 51.2 Å². The molecule has 4 aromatic rings. The number of amides is 1. The minimum Gasteiger partial charge on any atom is -0.493 e. The predicted molar refractivity (Wildman–Crippen MR) is 172 cm³/mol. The van der Waals surface area contributed by atoms with E-state index in [0.717, 1.165) is 42.4 Å². The van der Waals surface area contributed by atoms with Crippen molar-refractivity contribution >= 4 is 16.8 Å². The largest absolute Gasteiger partial charge is 0.493 e. The number of carbonyl (C=O) groups excluding carboxylic acids is 1. The van der Waals surface area contributed by atoms with Crippen LogP contribution in [0.1, 0.15) is 94.3 Å². The predicted octanol–water partition coefficient (Wildman–Crippen LogP) is 9.31. The van der Waals surface area contributed by atoms with Crippen molar-refractivity contribution in [2.75, 3.05) is 13.2 Å². The first-order valence-electron chi connectivity index (χ1n) is 15.2. The van der Waals surface area contributed by atoms with Gasteiger partial charge in [-0.3, -0.25) is 4.79 Å². The van der Waals surface area contributed by atoms with Gasteiger partial charge in [0.15, 0.2) is 0 Å². The number of halogens is 1. The molecule has 0 saturated carbocycles. The number of hydrogen-bond donors (Lipinski definition) is 1. The number of unbranched alkanes of at least 4 members (excludes halogenated alkanes) is 1. The second-order valence-corrected chi connectivity index (χ2v) is 12.6. The summed E-state index contributed by atoms with van der Waals surface area (Å²) in [6, 6.07) is 20.7. The lowest BCUT2D eigenvalue weighted by molar-refractivity contribution is 0.0954. The van der Waals surface area contributed by atoms with Crippen molar-refractivity contribution in [1.82, 2.24) is 10.3 Å². The third-order valence-electron chi connectivity index (χ3n) is 8.73. The molecule has 4 rings (SSSR count). The Bertz CT molecular complexity index is 1560. The Morgan fingerprint density at radius 3 is 2.36 bits per heavy atom. The Balaban J connectivity index is 1.42. The SMILES string of the molecule is CCC(C)(C)c1ccc(OCCCCNC(=O)c2cc(-c3ccccc3F)nc3ccc(C)cc23)c(C(C)(C)CC)c1. The molecule has 1 heterocycles. The Morgan fingerprint density at radius 2 is 1.64 bits per heavy atom. The first-order chi connectivity index (χ1) is 20.0. The van der Waals surface area contributed by atoms with Crippen LogP contribution in [-0.2, 0) is 10.8 Å². The van der Waals surface area contributed by atoms with Crippen LogP contribution in [0.3, 0.4) is 0 Å². The molecule has 0 radical (unpaired) electrons. The van der Waals surface area contributed by atoms with Gasteiger partial charge in [0.05, 0.1) is 23.4 Å². The highest BCUT2D eigenvalue weighted by Gasteiger charge is 2.26. The van der Waals surface area contributed by atoms with E-state index in [1.807, 2.05) is 25.1 Å². The number of benzene rings is 3.